The minimum absolute atomic E-state index is 0.153. The first-order valence-electron chi connectivity index (χ1n) is 7.07. The van der Waals surface area contributed by atoms with E-state index in [1.54, 1.807) is 37.3 Å². The number of aryl methyl sites for hydroxylation is 1. The molecule has 0 bridgehead atoms. The van der Waals surface area contributed by atoms with Crippen molar-refractivity contribution in [3.05, 3.63) is 58.1 Å². The highest BCUT2D eigenvalue weighted by molar-refractivity contribution is 6.37. The van der Waals surface area contributed by atoms with Crippen molar-refractivity contribution < 1.29 is 14.4 Å². The van der Waals surface area contributed by atoms with Crippen LogP contribution in [0.2, 0.25) is 5.02 Å². The summed E-state index contributed by atoms with van der Waals surface area (Å²) < 4.78 is 0. The number of benzene rings is 2. The lowest BCUT2D eigenvalue weighted by molar-refractivity contribution is -0.113. The van der Waals surface area contributed by atoms with E-state index in [1.165, 1.54) is 6.07 Å². The second-order valence-corrected chi connectivity index (χ2v) is 6.02. The molecular weight excluding hydrogens is 351 g/mol. The molecule has 0 saturated carbocycles. The van der Waals surface area contributed by atoms with Gasteiger partial charge in [0.25, 0.3) is 11.8 Å². The van der Waals surface area contributed by atoms with Crippen LogP contribution in [0.5, 0.6) is 0 Å². The van der Waals surface area contributed by atoms with Crippen molar-refractivity contribution in [1.29, 1.82) is 0 Å². The molecule has 0 spiro atoms. The molecule has 3 amide bonds. The molecular formula is C17H12Cl2N2O3. The number of nitrogens with one attached hydrogen (secondary N) is 1. The maximum absolute atomic E-state index is 12.6. The largest absolute Gasteiger partial charge is 0.325 e. The first-order chi connectivity index (χ1) is 11.4. The molecule has 1 N–H and O–H groups in total. The fraction of sp³-hybridized carbons (Fsp3) is 0.118. The molecule has 2 aromatic rings. The Balaban J connectivity index is 1.97. The summed E-state index contributed by atoms with van der Waals surface area (Å²) >= 11 is 11.4. The zero-order chi connectivity index (χ0) is 17.4. The van der Waals surface area contributed by atoms with E-state index in [0.29, 0.717) is 27.5 Å². The number of hydrogen-bond acceptors (Lipinski definition) is 3. The summed E-state index contributed by atoms with van der Waals surface area (Å²) in [4.78, 5) is 37.6. The van der Waals surface area contributed by atoms with Crippen LogP contribution in [-0.2, 0) is 4.79 Å². The van der Waals surface area contributed by atoms with Gasteiger partial charge in [-0.05, 0) is 48.9 Å². The molecule has 5 nitrogen and oxygen atoms in total. The topological polar surface area (TPSA) is 66.5 Å². The van der Waals surface area contributed by atoms with Gasteiger partial charge in [0.05, 0.1) is 16.8 Å². The number of imide groups is 1. The fourth-order valence-corrected chi connectivity index (χ4v) is 2.85. The summed E-state index contributed by atoms with van der Waals surface area (Å²) in [6.07, 6.45) is 0. The first kappa shape index (κ1) is 16.5. The Kier molecular flexibility index (Phi) is 4.30. The zero-order valence-electron chi connectivity index (χ0n) is 12.6. The van der Waals surface area contributed by atoms with E-state index < -0.39 is 11.8 Å². The van der Waals surface area contributed by atoms with Crippen molar-refractivity contribution >= 4 is 52.3 Å². The van der Waals surface area contributed by atoms with Crippen LogP contribution in [0.15, 0.2) is 36.4 Å². The monoisotopic (exact) mass is 362 g/mol. The van der Waals surface area contributed by atoms with Crippen LogP contribution in [0.25, 0.3) is 0 Å². The van der Waals surface area contributed by atoms with Gasteiger partial charge in [-0.1, -0.05) is 11.6 Å². The second-order valence-electron chi connectivity index (χ2n) is 5.32. The quantitative estimate of drug-likeness (QED) is 0.669. The summed E-state index contributed by atoms with van der Waals surface area (Å²) in [6.45, 7) is 1.75. The van der Waals surface area contributed by atoms with E-state index in [1.807, 2.05) is 0 Å². The lowest BCUT2D eigenvalue weighted by atomic mass is 10.1. The second kappa shape index (κ2) is 6.26. The highest BCUT2D eigenvalue weighted by atomic mass is 35.5. The average molecular weight is 363 g/mol. The highest BCUT2D eigenvalue weighted by Crippen LogP contribution is 2.33. The maximum atomic E-state index is 12.6. The minimum atomic E-state index is -0.418. The van der Waals surface area contributed by atoms with Crippen molar-refractivity contribution in [3.63, 3.8) is 0 Å². The van der Waals surface area contributed by atoms with Gasteiger partial charge in [-0.3, -0.25) is 14.4 Å². The van der Waals surface area contributed by atoms with Gasteiger partial charge in [-0.15, -0.1) is 11.6 Å². The van der Waals surface area contributed by atoms with Crippen LogP contribution in [-0.4, -0.2) is 23.6 Å². The molecule has 1 aliphatic heterocycles. The van der Waals surface area contributed by atoms with Crippen molar-refractivity contribution in [1.82, 2.24) is 0 Å². The number of halogens is 2. The van der Waals surface area contributed by atoms with E-state index in [-0.39, 0.29) is 17.4 Å². The predicted octanol–water partition coefficient (Wildman–Crippen LogP) is 3.63. The van der Waals surface area contributed by atoms with E-state index in [2.05, 4.69) is 5.32 Å². The Morgan fingerprint density at radius 2 is 1.79 bits per heavy atom. The number of hydrogen-bond donors (Lipinski definition) is 1. The molecule has 0 aromatic heterocycles. The standard InChI is InChI=1S/C17H12Cl2N2O3/c1-9-6-11(20-15(22)8-18)3-5-14(9)21-16(23)12-4-2-10(19)7-13(12)17(21)24/h2-7H,8H2,1H3,(H,20,22). The Bertz CT molecular complexity index is 880. The van der Waals surface area contributed by atoms with Crippen LogP contribution < -0.4 is 10.2 Å². The van der Waals surface area contributed by atoms with Gasteiger partial charge < -0.3 is 5.32 Å². The van der Waals surface area contributed by atoms with Gasteiger partial charge in [0.1, 0.15) is 5.88 Å². The van der Waals surface area contributed by atoms with Crippen molar-refractivity contribution in [3.8, 4) is 0 Å². The summed E-state index contributed by atoms with van der Waals surface area (Å²) in [5.74, 6) is -1.30. The molecule has 0 aliphatic carbocycles. The van der Waals surface area contributed by atoms with Gasteiger partial charge in [-0.2, -0.15) is 0 Å². The van der Waals surface area contributed by atoms with Crippen LogP contribution in [0.3, 0.4) is 0 Å². The maximum Gasteiger partial charge on any atom is 0.266 e. The van der Waals surface area contributed by atoms with Gasteiger partial charge >= 0.3 is 0 Å². The number of carbonyl (C=O) groups is 3. The average Bonchev–Trinajstić information content (AvgIpc) is 2.79. The number of anilines is 2. The van der Waals surface area contributed by atoms with Gasteiger partial charge in [-0.25, -0.2) is 4.90 Å². The van der Waals surface area contributed by atoms with Crippen molar-refractivity contribution in [2.45, 2.75) is 6.92 Å². The molecule has 1 heterocycles. The molecule has 2 aromatic carbocycles. The summed E-state index contributed by atoms with van der Waals surface area (Å²) in [5.41, 5.74) is 2.28. The lowest BCUT2D eigenvalue weighted by Gasteiger charge is -2.17. The molecule has 0 saturated heterocycles. The van der Waals surface area contributed by atoms with Gasteiger partial charge in [0.2, 0.25) is 5.91 Å². The minimum Gasteiger partial charge on any atom is -0.325 e. The third kappa shape index (κ3) is 2.77. The molecule has 0 unspecified atom stereocenters. The number of carbonyl (C=O) groups excluding carboxylic acids is 3. The van der Waals surface area contributed by atoms with Crippen LogP contribution >= 0.6 is 23.2 Å². The molecule has 0 atom stereocenters. The molecule has 7 heteroatoms. The van der Waals surface area contributed by atoms with E-state index in [4.69, 9.17) is 23.2 Å². The summed E-state index contributed by atoms with van der Waals surface area (Å²) in [7, 11) is 0. The molecule has 3 rings (SSSR count). The SMILES string of the molecule is Cc1cc(NC(=O)CCl)ccc1N1C(=O)c2ccc(Cl)cc2C1=O. The van der Waals surface area contributed by atoms with Crippen LogP contribution in [0.4, 0.5) is 11.4 Å². The lowest BCUT2D eigenvalue weighted by Crippen LogP contribution is -2.30. The molecule has 0 fully saturated rings. The smallest absolute Gasteiger partial charge is 0.266 e. The number of nitrogens with zero attached hydrogens (tertiary/aromatic N) is 1. The molecule has 1 aliphatic rings. The summed E-state index contributed by atoms with van der Waals surface area (Å²) in [6, 6.07) is 9.51. The summed E-state index contributed by atoms with van der Waals surface area (Å²) in [5, 5.41) is 3.02. The Morgan fingerprint density at radius 1 is 1.08 bits per heavy atom. The first-order valence-corrected chi connectivity index (χ1v) is 7.98. The van der Waals surface area contributed by atoms with E-state index in [9.17, 15) is 14.4 Å². The van der Waals surface area contributed by atoms with E-state index >= 15 is 0 Å². The van der Waals surface area contributed by atoms with Crippen molar-refractivity contribution in [2.24, 2.45) is 0 Å². The van der Waals surface area contributed by atoms with Crippen LogP contribution in [0, 0.1) is 6.92 Å². The van der Waals surface area contributed by atoms with Crippen LogP contribution in [0.1, 0.15) is 26.3 Å². The Hall–Kier alpha value is -2.37. The normalized spacial score (nSPS) is 13.2. The molecule has 122 valence electrons. The fourth-order valence-electron chi connectivity index (χ4n) is 2.61. The third-order valence-electron chi connectivity index (χ3n) is 3.69. The number of fused-ring (bicyclic) bond motifs is 1. The molecule has 0 radical (unpaired) electrons. The highest BCUT2D eigenvalue weighted by Gasteiger charge is 2.37. The predicted molar refractivity (Wildman–Crippen MR) is 93.1 cm³/mol. The van der Waals surface area contributed by atoms with Gasteiger partial charge in [0, 0.05) is 10.7 Å². The number of amides is 3. The molecule has 24 heavy (non-hydrogen) atoms. The Labute approximate surface area is 148 Å². The zero-order valence-corrected chi connectivity index (χ0v) is 14.1. The number of alkyl halides is 1. The van der Waals surface area contributed by atoms with E-state index in [0.717, 1.165) is 4.90 Å². The van der Waals surface area contributed by atoms with Gasteiger partial charge in [0.15, 0.2) is 0 Å². The van der Waals surface area contributed by atoms with Crippen molar-refractivity contribution in [2.75, 3.05) is 16.1 Å². The Morgan fingerprint density at radius 3 is 2.46 bits per heavy atom. The third-order valence-corrected chi connectivity index (χ3v) is 4.17. The number of rotatable bonds is 3.